The Labute approximate surface area is 152 Å². The first-order valence-electron chi connectivity index (χ1n) is 8.57. The molecule has 2 heterocycles. The van der Waals surface area contributed by atoms with E-state index in [1.807, 2.05) is 24.3 Å². The van der Waals surface area contributed by atoms with Crippen LogP contribution in [0.1, 0.15) is 26.3 Å². The van der Waals surface area contributed by atoms with Crippen molar-refractivity contribution in [3.8, 4) is 5.75 Å². The Balaban J connectivity index is 1.72. The van der Waals surface area contributed by atoms with Crippen LogP contribution in [0.4, 0.5) is 0 Å². The molecule has 0 amide bonds. The average Bonchev–Trinajstić information content (AvgIpc) is 2.62. The van der Waals surface area contributed by atoms with Gasteiger partial charge in [0.2, 0.25) is 0 Å². The molecular weight excluding hydrogens is 330 g/mol. The lowest BCUT2D eigenvalue weighted by Gasteiger charge is -2.23. The molecule has 0 saturated heterocycles. The maximum absolute atomic E-state index is 12.5. The number of nitrogens with zero attached hydrogens (tertiary/aromatic N) is 3. The number of hydrogen-bond donors (Lipinski definition) is 1. The number of aliphatic hydroxyl groups excluding tert-OH is 1. The van der Waals surface area contributed by atoms with Gasteiger partial charge in [-0.25, -0.2) is 9.97 Å². The average molecular weight is 353 g/mol. The van der Waals surface area contributed by atoms with Gasteiger partial charge < -0.3 is 9.84 Å². The number of hydrogen-bond acceptors (Lipinski definition) is 5. The summed E-state index contributed by atoms with van der Waals surface area (Å²) in [5, 5.41) is 10.8. The summed E-state index contributed by atoms with van der Waals surface area (Å²) in [6, 6.07) is 11.2. The highest BCUT2D eigenvalue weighted by Crippen LogP contribution is 2.30. The van der Waals surface area contributed by atoms with Crippen molar-refractivity contribution in [2.45, 2.75) is 38.8 Å². The lowest BCUT2D eigenvalue weighted by Crippen LogP contribution is -2.30. The van der Waals surface area contributed by atoms with Gasteiger partial charge in [0.1, 0.15) is 24.8 Å². The standard InChI is InChI=1S/C20H23N3O3/c1-20(2,3)16-8-4-5-9-17(16)26-12-14(24)11-23-13-22-18-15(19(23)25)7-6-10-21-18/h4-10,13-14,24H,11-12H2,1-3H3/t14-/m1/s1. The van der Waals surface area contributed by atoms with Gasteiger partial charge in [0.05, 0.1) is 11.9 Å². The van der Waals surface area contributed by atoms with Crippen LogP contribution in [0, 0.1) is 0 Å². The highest BCUT2D eigenvalue weighted by atomic mass is 16.5. The van der Waals surface area contributed by atoms with Gasteiger partial charge in [0.15, 0.2) is 5.65 Å². The molecule has 0 fully saturated rings. The number of rotatable bonds is 5. The summed E-state index contributed by atoms with van der Waals surface area (Å²) >= 11 is 0. The zero-order chi connectivity index (χ0) is 18.7. The summed E-state index contributed by atoms with van der Waals surface area (Å²) in [5.74, 6) is 0.743. The number of aliphatic hydroxyl groups is 1. The van der Waals surface area contributed by atoms with Crippen LogP contribution in [0.2, 0.25) is 0 Å². The van der Waals surface area contributed by atoms with Crippen LogP contribution >= 0.6 is 0 Å². The van der Waals surface area contributed by atoms with Crippen molar-refractivity contribution in [1.82, 2.24) is 14.5 Å². The van der Waals surface area contributed by atoms with E-state index in [0.717, 1.165) is 11.3 Å². The lowest BCUT2D eigenvalue weighted by atomic mass is 9.86. The Bertz CT molecular complexity index is 960. The summed E-state index contributed by atoms with van der Waals surface area (Å²) in [6.45, 7) is 6.53. The predicted octanol–water partition coefficient (Wildman–Crippen LogP) is 2.53. The van der Waals surface area contributed by atoms with Crippen molar-refractivity contribution in [2.24, 2.45) is 0 Å². The van der Waals surface area contributed by atoms with Gasteiger partial charge >= 0.3 is 0 Å². The molecule has 0 aliphatic carbocycles. The predicted molar refractivity (Wildman–Crippen MR) is 100 cm³/mol. The fraction of sp³-hybridized carbons (Fsp3) is 0.350. The number of benzene rings is 1. The SMILES string of the molecule is CC(C)(C)c1ccccc1OC[C@H](O)Cn1cnc2ncccc2c1=O. The zero-order valence-electron chi connectivity index (χ0n) is 15.2. The number of pyridine rings is 1. The second-order valence-corrected chi connectivity index (χ2v) is 7.29. The first-order valence-corrected chi connectivity index (χ1v) is 8.57. The van der Waals surface area contributed by atoms with E-state index >= 15 is 0 Å². The van der Waals surface area contributed by atoms with Gasteiger partial charge in [0.25, 0.3) is 5.56 Å². The molecular formula is C20H23N3O3. The minimum Gasteiger partial charge on any atom is -0.491 e. The number of aromatic nitrogens is 3. The molecule has 0 spiro atoms. The van der Waals surface area contributed by atoms with Crippen LogP contribution in [-0.2, 0) is 12.0 Å². The van der Waals surface area contributed by atoms with E-state index in [4.69, 9.17) is 4.74 Å². The summed E-state index contributed by atoms with van der Waals surface area (Å²) < 4.78 is 7.21. The molecule has 0 unspecified atom stereocenters. The highest BCUT2D eigenvalue weighted by molar-refractivity contribution is 5.72. The third kappa shape index (κ3) is 3.91. The molecule has 26 heavy (non-hydrogen) atoms. The van der Waals surface area contributed by atoms with Crippen molar-refractivity contribution in [1.29, 1.82) is 0 Å². The summed E-state index contributed by atoms with van der Waals surface area (Å²) in [6.07, 6.45) is 2.16. The number of ether oxygens (including phenoxy) is 1. The monoisotopic (exact) mass is 353 g/mol. The zero-order valence-corrected chi connectivity index (χ0v) is 15.2. The molecule has 0 aliphatic rings. The van der Waals surface area contributed by atoms with Crippen molar-refractivity contribution in [2.75, 3.05) is 6.61 Å². The Morgan fingerprint density at radius 2 is 1.92 bits per heavy atom. The van der Waals surface area contributed by atoms with E-state index in [9.17, 15) is 9.90 Å². The third-order valence-corrected chi connectivity index (χ3v) is 4.13. The van der Waals surface area contributed by atoms with Gasteiger partial charge in [-0.2, -0.15) is 0 Å². The molecule has 136 valence electrons. The van der Waals surface area contributed by atoms with E-state index in [0.29, 0.717) is 11.0 Å². The highest BCUT2D eigenvalue weighted by Gasteiger charge is 2.19. The van der Waals surface area contributed by atoms with E-state index in [1.165, 1.54) is 10.9 Å². The maximum atomic E-state index is 12.5. The molecule has 6 nitrogen and oxygen atoms in total. The van der Waals surface area contributed by atoms with Crippen molar-refractivity contribution < 1.29 is 9.84 Å². The summed E-state index contributed by atoms with van der Waals surface area (Å²) in [4.78, 5) is 20.7. The fourth-order valence-electron chi connectivity index (χ4n) is 2.81. The molecule has 1 aromatic carbocycles. The molecule has 0 bridgehead atoms. The second-order valence-electron chi connectivity index (χ2n) is 7.29. The number of para-hydroxylation sites is 1. The minimum absolute atomic E-state index is 0.0618. The van der Waals surface area contributed by atoms with Gasteiger partial charge in [-0.1, -0.05) is 39.0 Å². The molecule has 0 radical (unpaired) electrons. The van der Waals surface area contributed by atoms with Crippen molar-refractivity contribution in [3.63, 3.8) is 0 Å². The van der Waals surface area contributed by atoms with Gasteiger partial charge in [-0.05, 0) is 29.2 Å². The number of fused-ring (bicyclic) bond motifs is 1. The largest absolute Gasteiger partial charge is 0.491 e. The Morgan fingerprint density at radius 1 is 1.15 bits per heavy atom. The van der Waals surface area contributed by atoms with Crippen LogP contribution in [0.25, 0.3) is 11.0 Å². The van der Waals surface area contributed by atoms with Gasteiger partial charge in [-0.15, -0.1) is 0 Å². The molecule has 0 saturated carbocycles. The van der Waals surface area contributed by atoms with E-state index < -0.39 is 6.10 Å². The van der Waals surface area contributed by atoms with E-state index in [1.54, 1.807) is 18.3 Å². The van der Waals surface area contributed by atoms with Crippen LogP contribution < -0.4 is 10.3 Å². The minimum atomic E-state index is -0.836. The van der Waals surface area contributed by atoms with Crippen LogP contribution in [0.15, 0.2) is 53.7 Å². The maximum Gasteiger partial charge on any atom is 0.262 e. The molecule has 3 aromatic rings. The topological polar surface area (TPSA) is 77.2 Å². The van der Waals surface area contributed by atoms with Crippen LogP contribution in [-0.4, -0.2) is 32.4 Å². The van der Waals surface area contributed by atoms with Crippen LogP contribution in [0.5, 0.6) is 5.75 Å². The first-order chi connectivity index (χ1) is 12.4. The molecule has 1 atom stereocenters. The van der Waals surface area contributed by atoms with Gasteiger partial charge in [-0.3, -0.25) is 9.36 Å². The summed E-state index contributed by atoms with van der Waals surface area (Å²) in [7, 11) is 0. The van der Waals surface area contributed by atoms with Gasteiger partial charge in [0, 0.05) is 6.20 Å². The van der Waals surface area contributed by atoms with E-state index in [2.05, 4.69) is 30.7 Å². The normalized spacial score (nSPS) is 12.9. The van der Waals surface area contributed by atoms with Crippen molar-refractivity contribution >= 4 is 11.0 Å². The molecule has 0 aliphatic heterocycles. The van der Waals surface area contributed by atoms with E-state index in [-0.39, 0.29) is 24.1 Å². The summed E-state index contributed by atoms with van der Waals surface area (Å²) in [5.41, 5.74) is 1.19. The smallest absolute Gasteiger partial charge is 0.262 e. The Kier molecular flexibility index (Phi) is 5.04. The molecule has 2 aromatic heterocycles. The molecule has 1 N–H and O–H groups in total. The van der Waals surface area contributed by atoms with Crippen LogP contribution in [0.3, 0.4) is 0 Å². The Morgan fingerprint density at radius 3 is 2.69 bits per heavy atom. The Hall–Kier alpha value is -2.73. The quantitative estimate of drug-likeness (QED) is 0.763. The lowest BCUT2D eigenvalue weighted by molar-refractivity contribution is 0.0905. The fourth-order valence-corrected chi connectivity index (χ4v) is 2.81. The first kappa shape index (κ1) is 18.1. The molecule has 3 rings (SSSR count). The third-order valence-electron chi connectivity index (χ3n) is 4.13. The molecule has 6 heteroatoms. The second kappa shape index (κ2) is 7.25. The van der Waals surface area contributed by atoms with Crippen molar-refractivity contribution in [3.05, 3.63) is 64.8 Å².